The van der Waals surface area contributed by atoms with Gasteiger partial charge in [-0.1, -0.05) is 80.3 Å². The van der Waals surface area contributed by atoms with Gasteiger partial charge in [0.2, 0.25) is 0 Å². The molecule has 0 radical (unpaired) electrons. The molecule has 5 rings (SSSR count). The summed E-state index contributed by atoms with van der Waals surface area (Å²) in [5.74, 6) is -0.809. The highest BCUT2D eigenvalue weighted by Gasteiger charge is 2.24. The van der Waals surface area contributed by atoms with Crippen LogP contribution in [0.3, 0.4) is 0 Å². The molecule has 43 heavy (non-hydrogen) atoms. The highest BCUT2D eigenvalue weighted by molar-refractivity contribution is 6.30. The number of carbonyl (C=O) groups is 1. The molecule has 0 aliphatic carbocycles. The van der Waals surface area contributed by atoms with E-state index in [2.05, 4.69) is 4.98 Å². The largest absolute Gasteiger partial charge is 0.424 e. The first-order valence-electron chi connectivity index (χ1n) is 14.0. The van der Waals surface area contributed by atoms with E-state index in [1.807, 2.05) is 49.4 Å². The van der Waals surface area contributed by atoms with Gasteiger partial charge in [-0.25, -0.2) is 9.31 Å². The summed E-state index contributed by atoms with van der Waals surface area (Å²) >= 11 is 6.17. The molecule has 3 N–H and O–H groups in total. The Kier molecular flexibility index (Phi) is 8.98. The van der Waals surface area contributed by atoms with E-state index in [-0.39, 0.29) is 22.7 Å². The van der Waals surface area contributed by atoms with E-state index in [4.69, 9.17) is 27.2 Å². The summed E-state index contributed by atoms with van der Waals surface area (Å²) in [7, 11) is 0. The summed E-state index contributed by atoms with van der Waals surface area (Å²) in [4.78, 5) is 40.0. The lowest BCUT2D eigenvalue weighted by Gasteiger charge is -2.14. The minimum absolute atomic E-state index is 0.0924. The predicted molar refractivity (Wildman–Crippen MR) is 165 cm³/mol. The van der Waals surface area contributed by atoms with Crippen LogP contribution in [-0.2, 0) is 11.2 Å². The number of esters is 1. The SMILES string of the molecule is CCCCC[C@H](N)C(=O)Oc1cc([N+](=O)[O-])ccc1-c1cc(=O)[nH]c2c(-c3ccc(Cl)cc3)c(Cc3ccccc3)nn12. The summed E-state index contributed by atoms with van der Waals surface area (Å²) in [5.41, 5.74) is 9.49. The molecule has 0 aliphatic heterocycles. The van der Waals surface area contributed by atoms with Gasteiger partial charge in [-0.05, 0) is 35.7 Å². The average molecular weight is 600 g/mol. The number of ether oxygens (including phenoxy) is 1. The lowest BCUT2D eigenvalue weighted by atomic mass is 10.0. The van der Waals surface area contributed by atoms with E-state index in [0.29, 0.717) is 34.8 Å². The second kappa shape index (κ2) is 13.0. The number of halogens is 1. The molecule has 10 nitrogen and oxygen atoms in total. The van der Waals surface area contributed by atoms with Crippen LogP contribution in [-0.4, -0.2) is 31.5 Å². The Morgan fingerprint density at radius 1 is 1.09 bits per heavy atom. The van der Waals surface area contributed by atoms with Gasteiger partial charge in [-0.3, -0.25) is 14.9 Å². The van der Waals surface area contributed by atoms with E-state index in [1.165, 1.54) is 18.2 Å². The van der Waals surface area contributed by atoms with Crippen LogP contribution in [0.25, 0.3) is 28.0 Å². The number of hydrogen-bond donors (Lipinski definition) is 2. The summed E-state index contributed by atoms with van der Waals surface area (Å²) < 4.78 is 7.22. The van der Waals surface area contributed by atoms with Crippen molar-refractivity contribution in [2.75, 3.05) is 0 Å². The van der Waals surface area contributed by atoms with Crippen molar-refractivity contribution in [2.45, 2.75) is 45.1 Å². The summed E-state index contributed by atoms with van der Waals surface area (Å²) in [6.45, 7) is 2.04. The number of nitrogens with one attached hydrogen (secondary N) is 1. The minimum atomic E-state index is -0.906. The zero-order chi connectivity index (χ0) is 30.5. The van der Waals surface area contributed by atoms with Gasteiger partial charge in [0.15, 0.2) is 0 Å². The summed E-state index contributed by atoms with van der Waals surface area (Å²) in [6, 6.07) is 21.3. The zero-order valence-electron chi connectivity index (χ0n) is 23.5. The molecule has 11 heteroatoms. The third kappa shape index (κ3) is 6.66. The number of H-pyrrole nitrogens is 1. The number of hydrogen-bond acceptors (Lipinski definition) is 7. The Hall–Kier alpha value is -4.80. The van der Waals surface area contributed by atoms with Crippen LogP contribution in [0.15, 0.2) is 83.7 Å². The minimum Gasteiger partial charge on any atom is -0.424 e. The van der Waals surface area contributed by atoms with Gasteiger partial charge in [0.05, 0.1) is 22.4 Å². The maximum absolute atomic E-state index is 13.1. The number of aromatic amines is 1. The smallest absolute Gasteiger partial charge is 0.328 e. The number of nitrogens with two attached hydrogens (primary N) is 1. The van der Waals surface area contributed by atoms with Crippen molar-refractivity contribution >= 4 is 28.9 Å². The molecular weight excluding hydrogens is 570 g/mol. The number of fused-ring (bicyclic) bond motifs is 1. The Balaban J connectivity index is 1.68. The molecule has 0 spiro atoms. The molecule has 0 saturated heterocycles. The topological polar surface area (TPSA) is 146 Å². The number of nitro groups is 1. The van der Waals surface area contributed by atoms with Crippen LogP contribution >= 0.6 is 11.6 Å². The standard InChI is InChI=1S/C32H30ClN5O5/c1-2-3-5-10-25(34)32(40)43-28-18-23(38(41)42)15-16-24(28)27-19-29(39)35-31-30(21-11-13-22(33)14-12-21)26(36-37(27)31)17-20-8-6-4-7-9-20/h4,6-9,11-16,18-19,25H,2-3,5,10,17,34H2,1H3,(H,35,39)/t25-/m0/s1. The van der Waals surface area contributed by atoms with E-state index in [9.17, 15) is 19.7 Å². The van der Waals surface area contributed by atoms with E-state index >= 15 is 0 Å². The van der Waals surface area contributed by atoms with Crippen molar-refractivity contribution in [3.8, 4) is 28.1 Å². The Morgan fingerprint density at radius 3 is 2.53 bits per heavy atom. The van der Waals surface area contributed by atoms with Crippen molar-refractivity contribution in [1.29, 1.82) is 0 Å². The highest BCUT2D eigenvalue weighted by atomic mass is 35.5. The second-order valence-corrected chi connectivity index (χ2v) is 10.7. The number of rotatable bonds is 11. The third-order valence-electron chi connectivity index (χ3n) is 7.13. The summed E-state index contributed by atoms with van der Waals surface area (Å²) in [6.07, 6.45) is 3.49. The molecule has 0 unspecified atom stereocenters. The van der Waals surface area contributed by atoms with Gasteiger partial charge in [0.1, 0.15) is 17.4 Å². The first-order chi connectivity index (χ1) is 20.7. The molecule has 220 valence electrons. The Morgan fingerprint density at radius 2 is 1.84 bits per heavy atom. The first-order valence-corrected chi connectivity index (χ1v) is 14.3. The number of aromatic nitrogens is 3. The van der Waals surface area contributed by atoms with Crippen molar-refractivity contribution in [3.05, 3.63) is 116 Å². The number of benzene rings is 3. The van der Waals surface area contributed by atoms with Gasteiger partial charge < -0.3 is 15.5 Å². The Labute approximate surface area is 252 Å². The van der Waals surface area contributed by atoms with Crippen molar-refractivity contribution in [1.82, 2.24) is 14.6 Å². The number of nitro benzene ring substituents is 1. The van der Waals surface area contributed by atoms with Crippen molar-refractivity contribution in [2.24, 2.45) is 5.73 Å². The van der Waals surface area contributed by atoms with Crippen LogP contribution in [0.2, 0.25) is 5.02 Å². The van der Waals surface area contributed by atoms with Crippen LogP contribution in [0.4, 0.5) is 5.69 Å². The molecule has 0 fully saturated rings. The van der Waals surface area contributed by atoms with Crippen LogP contribution in [0.5, 0.6) is 5.75 Å². The quantitative estimate of drug-likeness (QED) is 0.0593. The molecule has 2 aromatic heterocycles. The normalized spacial score (nSPS) is 11.9. The molecule has 2 heterocycles. The van der Waals surface area contributed by atoms with Crippen molar-refractivity contribution in [3.63, 3.8) is 0 Å². The third-order valence-corrected chi connectivity index (χ3v) is 7.38. The molecular formula is C32H30ClN5O5. The molecule has 5 aromatic rings. The number of unbranched alkanes of at least 4 members (excludes halogenated alkanes) is 2. The fraction of sp³-hybridized carbons (Fsp3) is 0.219. The van der Waals surface area contributed by atoms with Crippen molar-refractivity contribution < 1.29 is 14.5 Å². The average Bonchev–Trinajstić information content (AvgIpc) is 3.35. The molecule has 0 amide bonds. The fourth-order valence-electron chi connectivity index (χ4n) is 4.95. The van der Waals surface area contributed by atoms with Gasteiger partial charge in [-0.15, -0.1) is 0 Å². The predicted octanol–water partition coefficient (Wildman–Crippen LogP) is 6.32. The fourth-order valence-corrected chi connectivity index (χ4v) is 5.08. The monoisotopic (exact) mass is 599 g/mol. The van der Waals surface area contributed by atoms with Crippen LogP contribution < -0.4 is 16.0 Å². The Bertz CT molecular complexity index is 1830. The van der Waals surface area contributed by atoms with Gasteiger partial charge in [0, 0.05) is 34.7 Å². The van der Waals surface area contributed by atoms with E-state index in [0.717, 1.165) is 36.5 Å². The molecule has 3 aromatic carbocycles. The first kappa shape index (κ1) is 29.7. The lowest BCUT2D eigenvalue weighted by molar-refractivity contribution is -0.384. The van der Waals surface area contributed by atoms with E-state index in [1.54, 1.807) is 16.6 Å². The number of nitrogens with zero attached hydrogens (tertiary/aromatic N) is 3. The molecule has 0 aliphatic rings. The maximum atomic E-state index is 13.1. The lowest BCUT2D eigenvalue weighted by Crippen LogP contribution is -2.34. The van der Waals surface area contributed by atoms with Gasteiger partial charge in [0.25, 0.3) is 11.2 Å². The highest BCUT2D eigenvalue weighted by Crippen LogP contribution is 2.36. The van der Waals surface area contributed by atoms with E-state index < -0.39 is 22.5 Å². The number of carbonyl (C=O) groups excluding carboxylic acids is 1. The zero-order valence-corrected chi connectivity index (χ0v) is 24.2. The molecule has 0 bridgehead atoms. The van der Waals surface area contributed by atoms with Gasteiger partial charge >= 0.3 is 5.97 Å². The van der Waals surface area contributed by atoms with Gasteiger partial charge in [-0.2, -0.15) is 5.10 Å². The number of non-ortho nitro benzene ring substituents is 1. The van der Waals surface area contributed by atoms with Crippen LogP contribution in [0.1, 0.15) is 43.9 Å². The van der Waals surface area contributed by atoms with Crippen LogP contribution in [0, 0.1) is 10.1 Å². The molecule has 0 saturated carbocycles. The summed E-state index contributed by atoms with van der Waals surface area (Å²) in [5, 5.41) is 17.1. The molecule has 1 atom stereocenters. The maximum Gasteiger partial charge on any atom is 0.328 e. The second-order valence-electron chi connectivity index (χ2n) is 10.2.